The number of allylic oxidation sites excluding steroid dienone is 4. The molecule has 6 heteroatoms. The summed E-state index contributed by atoms with van der Waals surface area (Å²) in [6, 6.07) is 16.6. The van der Waals surface area contributed by atoms with Crippen molar-refractivity contribution < 1.29 is 20.0 Å². The van der Waals surface area contributed by atoms with Crippen molar-refractivity contribution in [2.45, 2.75) is 0 Å². The summed E-state index contributed by atoms with van der Waals surface area (Å²) in [7, 11) is 0. The topological polar surface area (TPSA) is 99.3 Å². The SMILES string of the molecule is O=C(C1=C(C(=O)c2ccccc2)C(=NO)C=CC1=NO)c1ccccc1. The van der Waals surface area contributed by atoms with Crippen molar-refractivity contribution in [3.63, 3.8) is 0 Å². The van der Waals surface area contributed by atoms with Gasteiger partial charge in [-0.05, 0) is 12.2 Å². The summed E-state index contributed by atoms with van der Waals surface area (Å²) < 4.78 is 0. The van der Waals surface area contributed by atoms with Crippen molar-refractivity contribution in [3.05, 3.63) is 95.1 Å². The Hall–Kier alpha value is -3.80. The Kier molecular flexibility index (Phi) is 4.85. The minimum Gasteiger partial charge on any atom is -0.410 e. The number of carbonyl (C=O) groups is 2. The number of hydrogen-bond donors (Lipinski definition) is 2. The number of carbonyl (C=O) groups excluding carboxylic acids is 2. The fourth-order valence-electron chi connectivity index (χ4n) is 2.67. The number of benzene rings is 2. The molecule has 0 atom stereocenters. The molecule has 0 heterocycles. The van der Waals surface area contributed by atoms with Crippen LogP contribution in [0.15, 0.2) is 94.3 Å². The third kappa shape index (κ3) is 3.08. The molecule has 2 aromatic rings. The van der Waals surface area contributed by atoms with Crippen LogP contribution in [-0.4, -0.2) is 33.4 Å². The van der Waals surface area contributed by atoms with Crippen LogP contribution in [0, 0.1) is 0 Å². The summed E-state index contributed by atoms with van der Waals surface area (Å²) in [5.41, 5.74) is 0.228. The van der Waals surface area contributed by atoms with Crippen LogP contribution in [0.1, 0.15) is 20.7 Å². The standard InChI is InChI=1S/C20H14N2O4/c23-19(13-7-3-1-4-8-13)17-15(21-25)11-12-16(22-26)18(17)20(24)14-9-5-2-6-10-14/h1-12,25-26H. The highest BCUT2D eigenvalue weighted by Crippen LogP contribution is 2.24. The van der Waals surface area contributed by atoms with Crippen molar-refractivity contribution in [1.29, 1.82) is 0 Å². The molecule has 0 bridgehead atoms. The maximum atomic E-state index is 13.0. The van der Waals surface area contributed by atoms with Gasteiger partial charge in [-0.2, -0.15) is 0 Å². The zero-order valence-electron chi connectivity index (χ0n) is 13.5. The minimum atomic E-state index is -0.511. The molecule has 6 nitrogen and oxygen atoms in total. The lowest BCUT2D eigenvalue weighted by Gasteiger charge is -2.17. The average molecular weight is 346 g/mol. The molecule has 0 saturated heterocycles. The maximum Gasteiger partial charge on any atom is 0.196 e. The normalized spacial score (nSPS) is 16.9. The van der Waals surface area contributed by atoms with E-state index in [9.17, 15) is 20.0 Å². The van der Waals surface area contributed by atoms with Gasteiger partial charge in [0, 0.05) is 11.1 Å². The van der Waals surface area contributed by atoms with Gasteiger partial charge in [0.25, 0.3) is 0 Å². The summed E-state index contributed by atoms with van der Waals surface area (Å²) in [6.07, 6.45) is 2.62. The van der Waals surface area contributed by atoms with Gasteiger partial charge in [0.2, 0.25) is 0 Å². The lowest BCUT2D eigenvalue weighted by molar-refractivity contribution is 0.101. The summed E-state index contributed by atoms with van der Waals surface area (Å²) in [6.45, 7) is 0. The Morgan fingerprint density at radius 1 is 0.615 bits per heavy atom. The predicted molar refractivity (Wildman–Crippen MR) is 96.2 cm³/mol. The molecule has 1 aliphatic carbocycles. The highest BCUT2D eigenvalue weighted by atomic mass is 16.4. The Morgan fingerprint density at radius 3 is 1.27 bits per heavy atom. The van der Waals surface area contributed by atoms with Gasteiger partial charge >= 0.3 is 0 Å². The number of Topliss-reactive ketones (excluding diaryl/α,β-unsaturated/α-hetero) is 2. The largest absolute Gasteiger partial charge is 0.410 e. The van der Waals surface area contributed by atoms with Gasteiger partial charge in [-0.15, -0.1) is 0 Å². The van der Waals surface area contributed by atoms with Gasteiger partial charge in [0.1, 0.15) is 11.4 Å². The second kappa shape index (κ2) is 7.40. The molecular formula is C20H14N2O4. The van der Waals surface area contributed by atoms with Crippen LogP contribution in [-0.2, 0) is 0 Å². The van der Waals surface area contributed by atoms with Crippen molar-refractivity contribution in [3.8, 4) is 0 Å². The van der Waals surface area contributed by atoms with Crippen molar-refractivity contribution in [2.24, 2.45) is 10.3 Å². The number of rotatable bonds is 4. The van der Waals surface area contributed by atoms with Gasteiger partial charge in [0.05, 0.1) is 11.1 Å². The molecule has 0 radical (unpaired) electrons. The van der Waals surface area contributed by atoms with E-state index in [0.29, 0.717) is 11.1 Å². The van der Waals surface area contributed by atoms with E-state index in [1.165, 1.54) is 12.2 Å². The van der Waals surface area contributed by atoms with Crippen LogP contribution in [0.5, 0.6) is 0 Å². The van der Waals surface area contributed by atoms with E-state index >= 15 is 0 Å². The third-order valence-electron chi connectivity index (χ3n) is 3.90. The Balaban J connectivity index is 2.24. The number of oxime groups is 2. The molecule has 0 fully saturated rings. The summed E-state index contributed by atoms with van der Waals surface area (Å²) in [5, 5.41) is 24.9. The van der Waals surface area contributed by atoms with Gasteiger partial charge in [-0.3, -0.25) is 9.59 Å². The first-order valence-corrected chi connectivity index (χ1v) is 7.74. The highest BCUT2D eigenvalue weighted by molar-refractivity contribution is 6.45. The second-order valence-electron chi connectivity index (χ2n) is 5.44. The molecule has 2 N–H and O–H groups in total. The molecule has 1 aliphatic rings. The summed E-state index contributed by atoms with van der Waals surface area (Å²) in [4.78, 5) is 26.0. The fraction of sp³-hybridized carbons (Fsp3) is 0. The lowest BCUT2D eigenvalue weighted by atomic mass is 9.84. The number of nitrogens with zero attached hydrogens (tertiary/aromatic N) is 2. The first kappa shape index (κ1) is 17.0. The summed E-state index contributed by atoms with van der Waals surface area (Å²) >= 11 is 0. The molecule has 0 spiro atoms. The zero-order chi connectivity index (χ0) is 18.5. The molecule has 0 saturated carbocycles. The smallest absolute Gasteiger partial charge is 0.196 e. The number of ketones is 2. The molecule has 0 unspecified atom stereocenters. The lowest BCUT2D eigenvalue weighted by Crippen LogP contribution is -2.26. The van der Waals surface area contributed by atoms with E-state index in [2.05, 4.69) is 10.3 Å². The van der Waals surface area contributed by atoms with Crippen LogP contribution in [0.3, 0.4) is 0 Å². The molecule has 0 aromatic heterocycles. The molecule has 0 amide bonds. The highest BCUT2D eigenvalue weighted by Gasteiger charge is 2.31. The molecule has 3 rings (SSSR count). The van der Waals surface area contributed by atoms with E-state index in [1.54, 1.807) is 60.7 Å². The van der Waals surface area contributed by atoms with Crippen LogP contribution in [0.25, 0.3) is 0 Å². The fourth-order valence-corrected chi connectivity index (χ4v) is 2.67. The Labute approximate surface area is 149 Å². The van der Waals surface area contributed by atoms with E-state index in [4.69, 9.17) is 0 Å². The van der Waals surface area contributed by atoms with Crippen LogP contribution in [0.4, 0.5) is 0 Å². The zero-order valence-corrected chi connectivity index (χ0v) is 13.5. The molecule has 0 aliphatic heterocycles. The van der Waals surface area contributed by atoms with E-state index in [0.717, 1.165) is 0 Å². The second-order valence-corrected chi connectivity index (χ2v) is 5.44. The van der Waals surface area contributed by atoms with Crippen molar-refractivity contribution in [1.82, 2.24) is 0 Å². The van der Waals surface area contributed by atoms with E-state index in [-0.39, 0.29) is 22.6 Å². The first-order valence-electron chi connectivity index (χ1n) is 7.74. The van der Waals surface area contributed by atoms with Crippen LogP contribution in [0.2, 0.25) is 0 Å². The molecule has 26 heavy (non-hydrogen) atoms. The van der Waals surface area contributed by atoms with Crippen LogP contribution >= 0.6 is 0 Å². The average Bonchev–Trinajstić information content (AvgIpc) is 2.72. The molecular weight excluding hydrogens is 332 g/mol. The van der Waals surface area contributed by atoms with Gasteiger partial charge in [0.15, 0.2) is 11.6 Å². The maximum absolute atomic E-state index is 13.0. The molecule has 128 valence electrons. The third-order valence-corrected chi connectivity index (χ3v) is 3.90. The minimum absolute atomic E-state index is 0.0782. The summed E-state index contributed by atoms with van der Waals surface area (Å²) in [5.74, 6) is -1.02. The van der Waals surface area contributed by atoms with Crippen molar-refractivity contribution >= 4 is 23.0 Å². The predicted octanol–water partition coefficient (Wildman–Crippen LogP) is 3.28. The monoisotopic (exact) mass is 346 g/mol. The number of hydrogen-bond acceptors (Lipinski definition) is 6. The quantitative estimate of drug-likeness (QED) is 0.384. The Bertz CT molecular complexity index is 892. The van der Waals surface area contributed by atoms with Crippen molar-refractivity contribution in [2.75, 3.05) is 0 Å². The van der Waals surface area contributed by atoms with E-state index in [1.807, 2.05) is 0 Å². The van der Waals surface area contributed by atoms with Gasteiger partial charge in [-0.1, -0.05) is 71.0 Å². The van der Waals surface area contributed by atoms with Crippen LogP contribution < -0.4 is 0 Å². The van der Waals surface area contributed by atoms with Gasteiger partial charge in [-0.25, -0.2) is 0 Å². The van der Waals surface area contributed by atoms with E-state index < -0.39 is 11.6 Å². The van der Waals surface area contributed by atoms with Gasteiger partial charge < -0.3 is 10.4 Å². The first-order chi connectivity index (χ1) is 12.7. The Morgan fingerprint density at radius 2 is 0.962 bits per heavy atom. The molecule has 2 aromatic carbocycles.